The highest BCUT2D eigenvalue weighted by Crippen LogP contribution is 2.11. The number of aldehydes is 1. The number of aliphatic hydroxyl groups is 2. The van der Waals surface area contributed by atoms with Gasteiger partial charge in [0.1, 0.15) is 6.10 Å². The zero-order valence-corrected chi connectivity index (χ0v) is 11.1. The van der Waals surface area contributed by atoms with E-state index in [4.69, 9.17) is 0 Å². The first-order chi connectivity index (χ1) is 9.01. The summed E-state index contributed by atoms with van der Waals surface area (Å²) in [6.07, 6.45) is -3.23. The first kappa shape index (κ1) is 15.3. The van der Waals surface area contributed by atoms with Crippen LogP contribution in [0.15, 0.2) is 24.3 Å². The van der Waals surface area contributed by atoms with Gasteiger partial charge in [0, 0.05) is 13.1 Å². The van der Waals surface area contributed by atoms with E-state index in [0.717, 1.165) is 11.1 Å². The average Bonchev–Trinajstić information content (AvgIpc) is 2.44. The number of carbonyl (C=O) groups is 2. The van der Waals surface area contributed by atoms with Crippen LogP contribution in [0.4, 0.5) is 0 Å². The maximum atomic E-state index is 11.9. The van der Waals surface area contributed by atoms with Crippen LogP contribution in [0.3, 0.4) is 0 Å². The highest BCUT2D eigenvalue weighted by atomic mass is 16.3. The third kappa shape index (κ3) is 3.87. The molecule has 0 aromatic heterocycles. The summed E-state index contributed by atoms with van der Waals surface area (Å²) in [5.41, 5.74) is 2.00. The molecule has 0 spiro atoms. The van der Waals surface area contributed by atoms with Gasteiger partial charge < -0.3 is 19.9 Å². The van der Waals surface area contributed by atoms with Gasteiger partial charge in [0.25, 0.3) is 5.91 Å². The molecule has 1 amide bonds. The lowest BCUT2D eigenvalue weighted by Gasteiger charge is -2.25. The molecule has 1 aromatic rings. The van der Waals surface area contributed by atoms with Crippen molar-refractivity contribution >= 4 is 12.2 Å². The van der Waals surface area contributed by atoms with Crippen molar-refractivity contribution in [2.24, 2.45) is 0 Å². The van der Waals surface area contributed by atoms with E-state index in [0.29, 0.717) is 13.1 Å². The van der Waals surface area contributed by atoms with Crippen LogP contribution in [0.5, 0.6) is 0 Å². The Hall–Kier alpha value is -1.72. The Morgan fingerprint density at radius 1 is 1.37 bits per heavy atom. The fraction of sp³-hybridized carbons (Fsp3) is 0.429. The van der Waals surface area contributed by atoms with Crippen molar-refractivity contribution < 1.29 is 19.8 Å². The standard InChI is InChI=1S/C14H19NO4/c1-3-15(14(19)13(18)12(17)9-16)8-11-7-5-4-6-10(11)2/h4-7,9,12-13,17-18H,3,8H2,1-2H3. The summed E-state index contributed by atoms with van der Waals surface area (Å²) in [6, 6.07) is 7.61. The molecule has 1 rings (SSSR count). The molecular formula is C14H19NO4. The van der Waals surface area contributed by atoms with Gasteiger partial charge in [-0.2, -0.15) is 0 Å². The Bertz CT molecular complexity index is 447. The number of aryl methyl sites for hydroxylation is 1. The zero-order chi connectivity index (χ0) is 14.4. The number of hydrogen-bond acceptors (Lipinski definition) is 4. The molecule has 0 fully saturated rings. The van der Waals surface area contributed by atoms with E-state index < -0.39 is 18.1 Å². The molecule has 0 aliphatic carbocycles. The summed E-state index contributed by atoms with van der Waals surface area (Å²) in [4.78, 5) is 23.7. The Kier molecular flexibility index (Phi) is 5.66. The van der Waals surface area contributed by atoms with Crippen molar-refractivity contribution in [3.8, 4) is 0 Å². The number of likely N-dealkylation sites (N-methyl/N-ethyl adjacent to an activating group) is 1. The molecule has 5 heteroatoms. The quantitative estimate of drug-likeness (QED) is 0.723. The molecule has 2 N–H and O–H groups in total. The van der Waals surface area contributed by atoms with Crippen molar-refractivity contribution in [3.63, 3.8) is 0 Å². The molecule has 1 aromatic carbocycles. The fourth-order valence-corrected chi connectivity index (χ4v) is 1.75. The second-order valence-electron chi connectivity index (χ2n) is 4.35. The van der Waals surface area contributed by atoms with E-state index in [1.165, 1.54) is 4.90 Å². The summed E-state index contributed by atoms with van der Waals surface area (Å²) in [5.74, 6) is -0.648. The number of nitrogens with zero attached hydrogens (tertiary/aromatic N) is 1. The molecule has 0 aliphatic rings. The van der Waals surface area contributed by atoms with Gasteiger partial charge in [-0.05, 0) is 25.0 Å². The highest BCUT2D eigenvalue weighted by molar-refractivity contribution is 5.84. The molecule has 5 nitrogen and oxygen atoms in total. The van der Waals surface area contributed by atoms with Gasteiger partial charge in [-0.1, -0.05) is 24.3 Å². The Morgan fingerprint density at radius 3 is 2.53 bits per heavy atom. The van der Waals surface area contributed by atoms with Crippen molar-refractivity contribution in [2.75, 3.05) is 6.54 Å². The van der Waals surface area contributed by atoms with Gasteiger partial charge in [0.2, 0.25) is 0 Å². The first-order valence-corrected chi connectivity index (χ1v) is 6.16. The lowest BCUT2D eigenvalue weighted by Crippen LogP contribution is -2.45. The first-order valence-electron chi connectivity index (χ1n) is 6.16. The summed E-state index contributed by atoms with van der Waals surface area (Å²) in [5, 5.41) is 18.8. The average molecular weight is 265 g/mol. The van der Waals surface area contributed by atoms with Crippen LogP contribution in [0, 0.1) is 6.92 Å². The molecule has 19 heavy (non-hydrogen) atoms. The molecule has 0 radical (unpaired) electrons. The number of carbonyl (C=O) groups excluding carboxylic acids is 2. The van der Waals surface area contributed by atoms with Gasteiger partial charge >= 0.3 is 0 Å². The van der Waals surface area contributed by atoms with Crippen LogP contribution in [0.2, 0.25) is 0 Å². The fourth-order valence-electron chi connectivity index (χ4n) is 1.75. The largest absolute Gasteiger partial charge is 0.382 e. The molecular weight excluding hydrogens is 246 g/mol. The Labute approximate surface area is 112 Å². The van der Waals surface area contributed by atoms with E-state index in [1.54, 1.807) is 6.92 Å². The lowest BCUT2D eigenvalue weighted by atomic mass is 10.1. The zero-order valence-electron chi connectivity index (χ0n) is 11.1. The van der Waals surface area contributed by atoms with Gasteiger partial charge in [-0.25, -0.2) is 0 Å². The third-order valence-electron chi connectivity index (χ3n) is 3.03. The van der Waals surface area contributed by atoms with E-state index in [2.05, 4.69) is 0 Å². The highest BCUT2D eigenvalue weighted by Gasteiger charge is 2.27. The van der Waals surface area contributed by atoms with Crippen molar-refractivity contribution in [1.82, 2.24) is 4.90 Å². The monoisotopic (exact) mass is 265 g/mol. The van der Waals surface area contributed by atoms with E-state index in [1.807, 2.05) is 31.2 Å². The lowest BCUT2D eigenvalue weighted by molar-refractivity contribution is -0.149. The number of aliphatic hydroxyl groups excluding tert-OH is 2. The van der Waals surface area contributed by atoms with Crippen molar-refractivity contribution in [2.45, 2.75) is 32.6 Å². The van der Waals surface area contributed by atoms with Gasteiger partial charge in [0.05, 0.1) is 0 Å². The van der Waals surface area contributed by atoms with E-state index >= 15 is 0 Å². The predicted molar refractivity (Wildman–Crippen MR) is 70.3 cm³/mol. The molecule has 104 valence electrons. The van der Waals surface area contributed by atoms with Gasteiger partial charge in [-0.15, -0.1) is 0 Å². The maximum Gasteiger partial charge on any atom is 0.254 e. The van der Waals surface area contributed by atoms with E-state index in [9.17, 15) is 19.8 Å². The molecule has 0 aliphatic heterocycles. The number of benzene rings is 1. The summed E-state index contributed by atoms with van der Waals surface area (Å²) >= 11 is 0. The minimum atomic E-state index is -1.71. The van der Waals surface area contributed by atoms with Crippen LogP contribution in [-0.2, 0) is 16.1 Å². The number of amides is 1. The van der Waals surface area contributed by atoms with Gasteiger partial charge in [0.15, 0.2) is 12.4 Å². The predicted octanol–water partition coefficient (Wildman–Crippen LogP) is 0.264. The smallest absolute Gasteiger partial charge is 0.254 e. The summed E-state index contributed by atoms with van der Waals surface area (Å²) < 4.78 is 0. The second kappa shape index (κ2) is 7.01. The van der Waals surface area contributed by atoms with Crippen molar-refractivity contribution in [3.05, 3.63) is 35.4 Å². The minimum absolute atomic E-state index is 0.157. The second-order valence-corrected chi connectivity index (χ2v) is 4.35. The van der Waals surface area contributed by atoms with E-state index in [-0.39, 0.29) is 6.29 Å². The van der Waals surface area contributed by atoms with Crippen LogP contribution < -0.4 is 0 Å². The molecule has 0 saturated heterocycles. The molecule has 0 saturated carbocycles. The summed E-state index contributed by atoms with van der Waals surface area (Å²) in [7, 11) is 0. The Balaban J connectivity index is 2.81. The van der Waals surface area contributed by atoms with Crippen LogP contribution in [0.1, 0.15) is 18.1 Å². The molecule has 0 heterocycles. The minimum Gasteiger partial charge on any atom is -0.382 e. The van der Waals surface area contributed by atoms with Crippen LogP contribution >= 0.6 is 0 Å². The molecule has 2 atom stereocenters. The van der Waals surface area contributed by atoms with Crippen LogP contribution in [0.25, 0.3) is 0 Å². The number of hydrogen-bond donors (Lipinski definition) is 2. The maximum absolute atomic E-state index is 11.9. The number of rotatable bonds is 6. The topological polar surface area (TPSA) is 77.8 Å². The van der Waals surface area contributed by atoms with Crippen LogP contribution in [-0.4, -0.2) is 46.1 Å². The summed E-state index contributed by atoms with van der Waals surface area (Å²) in [6.45, 7) is 4.43. The molecule has 0 bridgehead atoms. The SMILES string of the molecule is CCN(Cc1ccccc1C)C(=O)C(O)C(O)C=O. The normalized spacial score (nSPS) is 13.7. The third-order valence-corrected chi connectivity index (χ3v) is 3.03. The van der Waals surface area contributed by atoms with Crippen molar-refractivity contribution in [1.29, 1.82) is 0 Å². The van der Waals surface area contributed by atoms with Gasteiger partial charge in [-0.3, -0.25) is 4.79 Å². The molecule has 2 unspecified atom stereocenters. The Morgan fingerprint density at radius 2 is 2.00 bits per heavy atom.